The molecule has 0 atom stereocenters. The third kappa shape index (κ3) is 2.24. The van der Waals surface area contributed by atoms with Crippen molar-refractivity contribution in [2.75, 3.05) is 12.4 Å². The summed E-state index contributed by atoms with van der Waals surface area (Å²) in [7, 11) is 0. The number of thiol groups is 1. The lowest BCUT2D eigenvalue weighted by molar-refractivity contribution is 0.250. The number of ether oxygens (including phenoxy) is 1. The van der Waals surface area contributed by atoms with Crippen molar-refractivity contribution in [2.45, 2.75) is 19.8 Å². The Morgan fingerprint density at radius 3 is 2.79 bits per heavy atom. The summed E-state index contributed by atoms with van der Waals surface area (Å²) in [5.74, 6) is 1.93. The van der Waals surface area contributed by atoms with Gasteiger partial charge in [0, 0.05) is 5.41 Å². The van der Waals surface area contributed by atoms with E-state index in [-0.39, 0.29) is 0 Å². The second-order valence-electron chi connectivity index (χ2n) is 4.26. The van der Waals surface area contributed by atoms with Crippen LogP contribution in [0.1, 0.15) is 18.4 Å². The highest BCUT2D eigenvalue weighted by Crippen LogP contribution is 2.46. The summed E-state index contributed by atoms with van der Waals surface area (Å²) >= 11 is 4.35. The summed E-state index contributed by atoms with van der Waals surface area (Å²) in [4.78, 5) is 0. The van der Waals surface area contributed by atoms with E-state index in [1.807, 2.05) is 12.1 Å². The number of rotatable bonds is 4. The lowest BCUT2D eigenvalue weighted by Crippen LogP contribution is -2.14. The second kappa shape index (κ2) is 3.85. The average Bonchev–Trinajstić information content (AvgIpc) is 2.96. The molecule has 1 aromatic rings. The standard InChI is InChI=1S/C12H16OS/c1-10-3-2-4-11(7-10)13-8-12(9-14)5-6-12/h2-4,7,14H,5-6,8-9H2,1H3. The quantitative estimate of drug-likeness (QED) is 0.748. The van der Waals surface area contributed by atoms with E-state index in [4.69, 9.17) is 4.74 Å². The monoisotopic (exact) mass is 208 g/mol. The molecule has 0 aromatic heterocycles. The summed E-state index contributed by atoms with van der Waals surface area (Å²) in [5.41, 5.74) is 1.63. The van der Waals surface area contributed by atoms with Gasteiger partial charge >= 0.3 is 0 Å². The lowest BCUT2D eigenvalue weighted by Gasteiger charge is -2.13. The number of aryl methyl sites for hydroxylation is 1. The molecule has 0 N–H and O–H groups in total. The van der Waals surface area contributed by atoms with E-state index in [9.17, 15) is 0 Å². The van der Waals surface area contributed by atoms with Crippen LogP contribution in [0.15, 0.2) is 24.3 Å². The van der Waals surface area contributed by atoms with Crippen molar-refractivity contribution in [3.05, 3.63) is 29.8 Å². The third-order valence-corrected chi connectivity index (χ3v) is 3.50. The number of hydrogen-bond acceptors (Lipinski definition) is 2. The molecule has 0 aliphatic heterocycles. The van der Waals surface area contributed by atoms with E-state index in [0.717, 1.165) is 18.1 Å². The van der Waals surface area contributed by atoms with Gasteiger partial charge in [0.05, 0.1) is 6.61 Å². The molecular weight excluding hydrogens is 192 g/mol. The first kappa shape index (κ1) is 9.91. The summed E-state index contributed by atoms with van der Waals surface area (Å²) in [6, 6.07) is 8.21. The first-order valence-corrected chi connectivity index (χ1v) is 5.68. The minimum Gasteiger partial charge on any atom is -0.493 e. The maximum atomic E-state index is 5.76. The van der Waals surface area contributed by atoms with Gasteiger partial charge in [0.2, 0.25) is 0 Å². The minimum absolute atomic E-state index is 0.382. The predicted molar refractivity (Wildman–Crippen MR) is 62.2 cm³/mol. The average molecular weight is 208 g/mol. The molecule has 1 aromatic carbocycles. The fourth-order valence-electron chi connectivity index (χ4n) is 1.47. The molecule has 0 radical (unpaired) electrons. The zero-order valence-electron chi connectivity index (χ0n) is 8.49. The zero-order valence-corrected chi connectivity index (χ0v) is 9.39. The molecule has 0 saturated heterocycles. The molecule has 0 spiro atoms. The molecular formula is C12H16OS. The fraction of sp³-hybridized carbons (Fsp3) is 0.500. The predicted octanol–water partition coefficient (Wildman–Crippen LogP) is 3.08. The second-order valence-corrected chi connectivity index (χ2v) is 4.58. The van der Waals surface area contributed by atoms with Crippen LogP contribution in [0.25, 0.3) is 0 Å². The van der Waals surface area contributed by atoms with Gasteiger partial charge in [-0.05, 0) is 43.2 Å². The van der Waals surface area contributed by atoms with Crippen molar-refractivity contribution in [1.29, 1.82) is 0 Å². The SMILES string of the molecule is Cc1cccc(OCC2(CS)CC2)c1. The highest BCUT2D eigenvalue weighted by Gasteiger charge is 2.42. The maximum absolute atomic E-state index is 5.76. The van der Waals surface area contributed by atoms with Crippen LogP contribution in [0.4, 0.5) is 0 Å². The first-order valence-electron chi connectivity index (χ1n) is 5.04. The van der Waals surface area contributed by atoms with Gasteiger partial charge in [-0.1, -0.05) is 12.1 Å². The molecule has 14 heavy (non-hydrogen) atoms. The Hall–Kier alpha value is -0.630. The molecule has 1 aliphatic carbocycles. The van der Waals surface area contributed by atoms with Gasteiger partial charge < -0.3 is 4.74 Å². The molecule has 2 rings (SSSR count). The summed E-state index contributed by atoms with van der Waals surface area (Å²) < 4.78 is 5.76. The van der Waals surface area contributed by atoms with E-state index in [1.165, 1.54) is 18.4 Å². The molecule has 2 heteroatoms. The molecule has 0 amide bonds. The molecule has 1 saturated carbocycles. The van der Waals surface area contributed by atoms with Crippen LogP contribution in [-0.2, 0) is 0 Å². The Labute approximate surface area is 90.9 Å². The molecule has 0 unspecified atom stereocenters. The molecule has 0 heterocycles. The lowest BCUT2D eigenvalue weighted by atomic mass is 10.1. The van der Waals surface area contributed by atoms with Gasteiger partial charge in [-0.2, -0.15) is 12.6 Å². The third-order valence-electron chi connectivity index (χ3n) is 2.83. The normalized spacial score (nSPS) is 17.9. The van der Waals surface area contributed by atoms with Crippen molar-refractivity contribution in [3.8, 4) is 5.75 Å². The van der Waals surface area contributed by atoms with Crippen molar-refractivity contribution < 1.29 is 4.74 Å². The Kier molecular flexibility index (Phi) is 2.73. The van der Waals surface area contributed by atoms with Crippen LogP contribution in [0.3, 0.4) is 0 Å². The molecule has 0 bridgehead atoms. The van der Waals surface area contributed by atoms with Gasteiger partial charge in [0.15, 0.2) is 0 Å². The van der Waals surface area contributed by atoms with Crippen LogP contribution < -0.4 is 4.74 Å². The number of hydrogen-bond donors (Lipinski definition) is 1. The topological polar surface area (TPSA) is 9.23 Å². The Morgan fingerprint density at radius 1 is 1.43 bits per heavy atom. The van der Waals surface area contributed by atoms with Gasteiger partial charge in [-0.25, -0.2) is 0 Å². The summed E-state index contributed by atoms with van der Waals surface area (Å²) in [6.45, 7) is 2.90. The van der Waals surface area contributed by atoms with Crippen molar-refractivity contribution >= 4 is 12.6 Å². The first-order chi connectivity index (χ1) is 6.74. The minimum atomic E-state index is 0.382. The molecule has 1 nitrogen and oxygen atoms in total. The Balaban J connectivity index is 1.92. The Morgan fingerprint density at radius 2 is 2.21 bits per heavy atom. The molecule has 76 valence electrons. The van der Waals surface area contributed by atoms with Gasteiger partial charge in [0.25, 0.3) is 0 Å². The highest BCUT2D eigenvalue weighted by atomic mass is 32.1. The van der Waals surface area contributed by atoms with E-state index in [0.29, 0.717) is 5.41 Å². The van der Waals surface area contributed by atoms with Crippen molar-refractivity contribution in [1.82, 2.24) is 0 Å². The maximum Gasteiger partial charge on any atom is 0.119 e. The smallest absolute Gasteiger partial charge is 0.119 e. The summed E-state index contributed by atoms with van der Waals surface area (Å²) in [5, 5.41) is 0. The van der Waals surface area contributed by atoms with Crippen molar-refractivity contribution in [2.24, 2.45) is 5.41 Å². The van der Waals surface area contributed by atoms with E-state index in [1.54, 1.807) is 0 Å². The molecule has 1 aliphatic rings. The van der Waals surface area contributed by atoms with Crippen LogP contribution >= 0.6 is 12.6 Å². The van der Waals surface area contributed by atoms with Crippen LogP contribution in [0.5, 0.6) is 5.75 Å². The largest absolute Gasteiger partial charge is 0.493 e. The zero-order chi connectivity index (χ0) is 10.0. The Bertz CT molecular complexity index is 318. The van der Waals surface area contributed by atoms with Gasteiger partial charge in [0.1, 0.15) is 5.75 Å². The summed E-state index contributed by atoms with van der Waals surface area (Å²) in [6.07, 6.45) is 2.53. The van der Waals surface area contributed by atoms with Gasteiger partial charge in [-0.15, -0.1) is 0 Å². The van der Waals surface area contributed by atoms with E-state index < -0.39 is 0 Å². The van der Waals surface area contributed by atoms with E-state index in [2.05, 4.69) is 31.7 Å². The number of benzene rings is 1. The fourth-order valence-corrected chi connectivity index (χ4v) is 1.87. The van der Waals surface area contributed by atoms with Gasteiger partial charge in [-0.3, -0.25) is 0 Å². The van der Waals surface area contributed by atoms with Crippen LogP contribution in [-0.4, -0.2) is 12.4 Å². The van der Waals surface area contributed by atoms with Crippen LogP contribution in [0.2, 0.25) is 0 Å². The van der Waals surface area contributed by atoms with E-state index >= 15 is 0 Å². The highest BCUT2D eigenvalue weighted by molar-refractivity contribution is 7.80. The van der Waals surface area contributed by atoms with Crippen LogP contribution in [0, 0.1) is 12.3 Å². The molecule has 1 fully saturated rings. The van der Waals surface area contributed by atoms with Crippen molar-refractivity contribution in [3.63, 3.8) is 0 Å².